The number of rotatable bonds is 7. The quantitative estimate of drug-likeness (QED) is 0.737. The molecule has 4 rings (SSSR count). The number of hydrogen-bond donors (Lipinski definition) is 1. The molecule has 0 aliphatic carbocycles. The lowest BCUT2D eigenvalue weighted by Gasteiger charge is -2.38. The maximum Gasteiger partial charge on any atom is 0.237 e. The molecule has 2 N–H and O–H groups in total. The number of carbonyl (C=O) groups excluding carboxylic acids is 1. The van der Waals surface area contributed by atoms with Gasteiger partial charge in [0.1, 0.15) is 11.5 Å². The number of hydrogen-bond acceptors (Lipinski definition) is 6. The van der Waals surface area contributed by atoms with Crippen LogP contribution in [0.3, 0.4) is 0 Å². The molecule has 3 heterocycles. The highest BCUT2D eigenvalue weighted by atomic mass is 32.2. The SMILES string of the molecule is CCOc1ccc(N2CC3CC[C@H]2CN(C(=O)CS(=O)(=O)CCN)C3)cc1. The minimum absolute atomic E-state index is 0.0480. The standard InChI is InChI=1S/C19H29N3O4S/c1-2-26-18-7-5-16(6-8-18)22-12-15-3-4-17(22)13-21(11-15)19(23)14-27(24,25)10-9-20/h5-8,15,17H,2-4,9-14,20H2,1H3/t15?,17-/m0/s1. The molecule has 1 unspecified atom stereocenters. The van der Waals surface area contributed by atoms with Crippen molar-refractivity contribution in [3.05, 3.63) is 24.3 Å². The number of piperidine rings is 1. The molecule has 1 amide bonds. The number of sulfone groups is 1. The van der Waals surface area contributed by atoms with Gasteiger partial charge >= 0.3 is 0 Å². The average Bonchev–Trinajstić information content (AvgIpc) is 2.94. The molecule has 0 radical (unpaired) electrons. The largest absolute Gasteiger partial charge is 0.494 e. The zero-order valence-electron chi connectivity index (χ0n) is 15.8. The van der Waals surface area contributed by atoms with Crippen molar-refractivity contribution in [1.29, 1.82) is 0 Å². The summed E-state index contributed by atoms with van der Waals surface area (Å²) in [4.78, 5) is 16.7. The zero-order chi connectivity index (χ0) is 19.4. The van der Waals surface area contributed by atoms with Gasteiger partial charge in [0.15, 0.2) is 9.84 Å². The van der Waals surface area contributed by atoms with Gasteiger partial charge in [-0.1, -0.05) is 0 Å². The van der Waals surface area contributed by atoms with Crippen LogP contribution in [0, 0.1) is 5.92 Å². The molecule has 2 bridgehead atoms. The average molecular weight is 396 g/mol. The fraction of sp³-hybridized carbons (Fsp3) is 0.632. The van der Waals surface area contributed by atoms with Gasteiger partial charge in [0.05, 0.1) is 12.4 Å². The van der Waals surface area contributed by atoms with Gasteiger partial charge in [-0.3, -0.25) is 4.79 Å². The van der Waals surface area contributed by atoms with Crippen LogP contribution in [0.5, 0.6) is 5.75 Å². The van der Waals surface area contributed by atoms with E-state index in [1.54, 1.807) is 4.90 Å². The second-order valence-corrected chi connectivity index (χ2v) is 9.54. The smallest absolute Gasteiger partial charge is 0.237 e. The van der Waals surface area contributed by atoms with E-state index in [4.69, 9.17) is 10.5 Å². The highest BCUT2D eigenvalue weighted by molar-refractivity contribution is 7.92. The number of anilines is 1. The number of amides is 1. The molecule has 1 aromatic rings. The summed E-state index contributed by atoms with van der Waals surface area (Å²) in [5.74, 6) is 0.332. The number of nitrogens with two attached hydrogens (primary N) is 1. The highest BCUT2D eigenvalue weighted by Gasteiger charge is 2.37. The molecule has 3 aliphatic rings. The minimum atomic E-state index is -3.43. The molecule has 27 heavy (non-hydrogen) atoms. The van der Waals surface area contributed by atoms with Crippen LogP contribution in [-0.2, 0) is 14.6 Å². The Bertz CT molecular complexity index is 751. The van der Waals surface area contributed by atoms with Crippen molar-refractivity contribution in [3.63, 3.8) is 0 Å². The second-order valence-electron chi connectivity index (χ2n) is 7.36. The maximum absolute atomic E-state index is 12.6. The fourth-order valence-corrected chi connectivity index (χ4v) is 5.10. The van der Waals surface area contributed by atoms with Gasteiger partial charge in [-0.15, -0.1) is 0 Å². The topological polar surface area (TPSA) is 92.9 Å². The van der Waals surface area contributed by atoms with Gasteiger partial charge in [0, 0.05) is 37.9 Å². The van der Waals surface area contributed by atoms with Gasteiger partial charge < -0.3 is 20.3 Å². The molecule has 0 saturated carbocycles. The Hall–Kier alpha value is -1.80. The van der Waals surface area contributed by atoms with Crippen LogP contribution in [0.25, 0.3) is 0 Å². The third kappa shape index (κ3) is 4.93. The van der Waals surface area contributed by atoms with Gasteiger partial charge in [-0.25, -0.2) is 8.42 Å². The lowest BCUT2D eigenvalue weighted by molar-refractivity contribution is -0.128. The molecule has 150 valence electrons. The first-order valence-corrected chi connectivity index (χ1v) is 11.4. The summed E-state index contributed by atoms with van der Waals surface area (Å²) >= 11 is 0. The number of benzene rings is 1. The van der Waals surface area contributed by atoms with Gasteiger partial charge in [0.25, 0.3) is 0 Å². The fourth-order valence-electron chi connectivity index (χ4n) is 4.03. The van der Waals surface area contributed by atoms with Gasteiger partial charge in [-0.2, -0.15) is 0 Å². The molecule has 7 nitrogen and oxygen atoms in total. The van der Waals surface area contributed by atoms with E-state index in [9.17, 15) is 13.2 Å². The van der Waals surface area contributed by atoms with Crippen LogP contribution < -0.4 is 15.4 Å². The molecule has 3 aliphatic heterocycles. The number of fused-ring (bicyclic) bond motifs is 4. The van der Waals surface area contributed by atoms with Crippen LogP contribution >= 0.6 is 0 Å². The van der Waals surface area contributed by atoms with E-state index < -0.39 is 15.6 Å². The third-order valence-electron chi connectivity index (χ3n) is 5.32. The zero-order valence-corrected chi connectivity index (χ0v) is 16.7. The normalized spacial score (nSPS) is 22.6. The number of carbonyl (C=O) groups is 1. The Morgan fingerprint density at radius 1 is 1.19 bits per heavy atom. The molecular formula is C19H29N3O4S. The van der Waals surface area contributed by atoms with Crippen LogP contribution in [-0.4, -0.2) is 69.6 Å². The Balaban J connectivity index is 1.70. The predicted octanol–water partition coefficient (Wildman–Crippen LogP) is 0.886. The molecule has 1 aromatic carbocycles. The second kappa shape index (κ2) is 8.48. The van der Waals surface area contributed by atoms with Crippen molar-refractivity contribution in [2.45, 2.75) is 25.8 Å². The maximum atomic E-state index is 12.6. The lowest BCUT2D eigenvalue weighted by Crippen LogP contribution is -2.45. The summed E-state index contributed by atoms with van der Waals surface area (Å²) in [5, 5.41) is 0. The molecule has 3 fully saturated rings. The van der Waals surface area contributed by atoms with Gasteiger partial charge in [-0.05, 0) is 49.9 Å². The molecule has 2 atom stereocenters. The minimum Gasteiger partial charge on any atom is -0.494 e. The van der Waals surface area contributed by atoms with Crippen molar-refractivity contribution in [1.82, 2.24) is 4.90 Å². The monoisotopic (exact) mass is 395 g/mol. The number of nitrogens with zero attached hydrogens (tertiary/aromatic N) is 2. The Morgan fingerprint density at radius 3 is 2.59 bits per heavy atom. The van der Waals surface area contributed by atoms with Crippen molar-refractivity contribution >= 4 is 21.4 Å². The molecule has 0 aromatic heterocycles. The van der Waals surface area contributed by atoms with Crippen LogP contribution in [0.4, 0.5) is 5.69 Å². The first kappa shape index (κ1) is 19.9. The third-order valence-corrected chi connectivity index (χ3v) is 6.86. The molecule has 0 spiro atoms. The van der Waals surface area contributed by atoms with E-state index >= 15 is 0 Å². The summed E-state index contributed by atoms with van der Waals surface area (Å²) in [5.41, 5.74) is 6.46. The Morgan fingerprint density at radius 2 is 1.93 bits per heavy atom. The van der Waals surface area contributed by atoms with Crippen LogP contribution in [0.2, 0.25) is 0 Å². The lowest BCUT2D eigenvalue weighted by atomic mass is 9.94. The Kier molecular flexibility index (Phi) is 6.26. The first-order chi connectivity index (χ1) is 12.9. The summed E-state index contributed by atoms with van der Waals surface area (Å²) in [6.45, 7) is 4.73. The predicted molar refractivity (Wildman–Crippen MR) is 106 cm³/mol. The summed E-state index contributed by atoms with van der Waals surface area (Å²) in [7, 11) is -3.43. The van der Waals surface area contributed by atoms with Crippen molar-refractivity contribution < 1.29 is 17.9 Å². The summed E-state index contributed by atoms with van der Waals surface area (Å²) in [6, 6.07) is 8.27. The summed E-state index contributed by atoms with van der Waals surface area (Å²) in [6.07, 6.45) is 2.08. The molecular weight excluding hydrogens is 366 g/mol. The summed E-state index contributed by atoms with van der Waals surface area (Å²) < 4.78 is 29.5. The Labute approximate surface area is 161 Å². The van der Waals surface area contributed by atoms with E-state index in [2.05, 4.69) is 17.0 Å². The first-order valence-electron chi connectivity index (χ1n) is 9.59. The van der Waals surface area contributed by atoms with E-state index in [1.807, 2.05) is 19.1 Å². The van der Waals surface area contributed by atoms with Crippen molar-refractivity contribution in [3.8, 4) is 5.75 Å². The van der Waals surface area contributed by atoms with Crippen molar-refractivity contribution in [2.24, 2.45) is 11.7 Å². The number of ether oxygens (including phenoxy) is 1. The molecule has 3 saturated heterocycles. The molecule has 8 heteroatoms. The van der Waals surface area contributed by atoms with Crippen LogP contribution in [0.1, 0.15) is 19.8 Å². The van der Waals surface area contributed by atoms with E-state index in [-0.39, 0.29) is 24.2 Å². The van der Waals surface area contributed by atoms with Gasteiger partial charge in [0.2, 0.25) is 5.91 Å². The van der Waals surface area contributed by atoms with Crippen LogP contribution in [0.15, 0.2) is 24.3 Å². The van der Waals surface area contributed by atoms with E-state index in [0.717, 1.165) is 30.8 Å². The van der Waals surface area contributed by atoms with E-state index in [0.29, 0.717) is 25.6 Å². The van der Waals surface area contributed by atoms with Crippen molar-refractivity contribution in [2.75, 3.05) is 49.2 Å². The van der Waals surface area contributed by atoms with E-state index in [1.165, 1.54) is 0 Å². The highest BCUT2D eigenvalue weighted by Crippen LogP contribution is 2.33.